The largest absolute Gasteiger partial charge is 0.386 e. The van der Waals surface area contributed by atoms with Gasteiger partial charge in [0.05, 0.1) is 5.94 Å². The van der Waals surface area contributed by atoms with Crippen molar-refractivity contribution in [3.05, 3.63) is 83.9 Å². The van der Waals surface area contributed by atoms with Crippen LogP contribution in [0.5, 0.6) is 0 Å². The number of piperidine rings is 1. The summed E-state index contributed by atoms with van der Waals surface area (Å²) in [5.41, 5.74) is 7.77. The molecule has 1 aliphatic heterocycles. The summed E-state index contributed by atoms with van der Waals surface area (Å²) in [6, 6.07) is 21.2. The van der Waals surface area contributed by atoms with Gasteiger partial charge in [-0.15, -0.1) is 11.8 Å². The van der Waals surface area contributed by atoms with Crippen LogP contribution in [-0.4, -0.2) is 70.0 Å². The first kappa shape index (κ1) is 33.0. The van der Waals surface area contributed by atoms with E-state index in [0.717, 1.165) is 53.8 Å². The summed E-state index contributed by atoms with van der Waals surface area (Å²) in [6.45, 7) is 0.357. The van der Waals surface area contributed by atoms with Gasteiger partial charge >= 0.3 is 0 Å². The molecule has 3 aromatic carbocycles. The number of hydrogen-bond acceptors (Lipinski definition) is 6. The van der Waals surface area contributed by atoms with Gasteiger partial charge in [-0.1, -0.05) is 72.8 Å². The van der Waals surface area contributed by atoms with E-state index in [1.807, 2.05) is 60.7 Å². The molecule has 9 nitrogen and oxygen atoms in total. The summed E-state index contributed by atoms with van der Waals surface area (Å²) < 4.78 is 0. The number of carbonyl (C=O) groups is 4. The Morgan fingerprint density at radius 1 is 0.886 bits per heavy atom. The normalized spacial score (nSPS) is 16.2. The van der Waals surface area contributed by atoms with E-state index in [1.165, 1.54) is 10.5 Å². The Morgan fingerprint density at radius 2 is 1.64 bits per heavy atom. The first-order valence-corrected chi connectivity index (χ1v) is 16.4. The maximum absolute atomic E-state index is 13.7. The van der Waals surface area contributed by atoms with Gasteiger partial charge in [-0.3, -0.25) is 19.2 Å². The van der Waals surface area contributed by atoms with Crippen LogP contribution in [0.2, 0.25) is 0 Å². The van der Waals surface area contributed by atoms with Crippen LogP contribution in [0.15, 0.2) is 72.8 Å². The van der Waals surface area contributed by atoms with Crippen molar-refractivity contribution in [2.45, 2.75) is 69.5 Å². The Morgan fingerprint density at radius 3 is 2.39 bits per heavy atom. The minimum atomic E-state index is -0.945. The zero-order valence-corrected chi connectivity index (χ0v) is 25.8. The standard InChI is InChI=1S/C34H42N4O5S/c35-32(41)28(21-25-17-18-26-13-5-6-14-27(26)20-25)37-33(42)30-15-8-9-19-38(30)34(43)29(22-44-23-39)36-31(40)16-7-4-12-24-10-2-1-3-11-24/h1-3,5-6,10-11,13-14,17-18,20,28-30,39H,4,7-9,12,15-16,19,21-23H2,(H2,35,41)(H,36,40)(H,37,42)/t28-,29-,30-/m0/s1. The Kier molecular flexibility index (Phi) is 12.6. The molecule has 0 spiro atoms. The van der Waals surface area contributed by atoms with Crippen molar-refractivity contribution in [2.75, 3.05) is 18.2 Å². The number of aliphatic hydroxyl groups excluding tert-OH is 1. The third-order valence-electron chi connectivity index (χ3n) is 7.97. The van der Waals surface area contributed by atoms with Gasteiger partial charge in [0.2, 0.25) is 23.6 Å². The highest BCUT2D eigenvalue weighted by Crippen LogP contribution is 2.21. The van der Waals surface area contributed by atoms with Crippen LogP contribution in [0.3, 0.4) is 0 Å². The fraction of sp³-hybridized carbons (Fsp3) is 0.412. The van der Waals surface area contributed by atoms with Gasteiger partial charge in [0.25, 0.3) is 0 Å². The Hall–Kier alpha value is -3.89. The van der Waals surface area contributed by atoms with Gasteiger partial charge in [0.1, 0.15) is 18.1 Å². The summed E-state index contributed by atoms with van der Waals surface area (Å²) in [5, 5.41) is 17.1. The van der Waals surface area contributed by atoms with Gasteiger partial charge in [-0.25, -0.2) is 0 Å². The lowest BCUT2D eigenvalue weighted by Crippen LogP contribution is -2.60. The molecular formula is C34H42N4O5S. The number of primary amides is 1. The Balaban J connectivity index is 1.37. The number of aryl methyl sites for hydroxylation is 1. The summed E-state index contributed by atoms with van der Waals surface area (Å²) in [6.07, 6.45) is 4.80. The minimum Gasteiger partial charge on any atom is -0.386 e. The average Bonchev–Trinajstić information content (AvgIpc) is 3.04. The van der Waals surface area contributed by atoms with Crippen LogP contribution in [-0.2, 0) is 32.0 Å². The smallest absolute Gasteiger partial charge is 0.246 e. The Bertz CT molecular complexity index is 1420. The molecule has 3 atom stereocenters. The number of fused-ring (bicyclic) bond motifs is 1. The highest BCUT2D eigenvalue weighted by molar-refractivity contribution is 7.99. The van der Waals surface area contributed by atoms with Crippen molar-refractivity contribution in [3.8, 4) is 0 Å². The van der Waals surface area contributed by atoms with Crippen molar-refractivity contribution in [1.82, 2.24) is 15.5 Å². The number of nitrogens with zero attached hydrogens (tertiary/aromatic N) is 1. The second kappa shape index (κ2) is 16.8. The second-order valence-electron chi connectivity index (χ2n) is 11.2. The predicted octanol–water partition coefficient (Wildman–Crippen LogP) is 3.31. The van der Waals surface area contributed by atoms with E-state index in [1.54, 1.807) is 0 Å². The molecule has 5 N–H and O–H groups in total. The molecule has 0 unspecified atom stereocenters. The van der Waals surface area contributed by atoms with E-state index in [2.05, 4.69) is 22.8 Å². The van der Waals surface area contributed by atoms with Crippen molar-refractivity contribution >= 4 is 46.2 Å². The number of likely N-dealkylation sites (tertiary alicyclic amines) is 1. The number of benzene rings is 3. The van der Waals surface area contributed by atoms with E-state index in [0.29, 0.717) is 19.4 Å². The first-order chi connectivity index (χ1) is 21.4. The molecule has 3 aromatic rings. The highest BCUT2D eigenvalue weighted by Gasteiger charge is 2.37. The number of amides is 4. The van der Waals surface area contributed by atoms with Gasteiger partial charge in [-0.05, 0) is 60.4 Å². The van der Waals surface area contributed by atoms with E-state index < -0.39 is 29.9 Å². The first-order valence-electron chi connectivity index (χ1n) is 15.3. The summed E-state index contributed by atoms with van der Waals surface area (Å²) in [4.78, 5) is 54.0. The van der Waals surface area contributed by atoms with Crippen molar-refractivity contribution in [2.24, 2.45) is 5.73 Å². The number of rotatable bonds is 15. The predicted molar refractivity (Wildman–Crippen MR) is 174 cm³/mol. The molecule has 44 heavy (non-hydrogen) atoms. The third-order valence-corrected chi connectivity index (χ3v) is 8.73. The molecule has 0 saturated carbocycles. The van der Waals surface area contributed by atoms with Gasteiger partial charge < -0.3 is 26.4 Å². The number of aliphatic hydroxyl groups is 1. The molecule has 0 aliphatic carbocycles. The van der Waals surface area contributed by atoms with Crippen LogP contribution in [0.4, 0.5) is 0 Å². The van der Waals surface area contributed by atoms with Crippen LogP contribution < -0.4 is 16.4 Å². The van der Waals surface area contributed by atoms with E-state index in [9.17, 15) is 24.3 Å². The van der Waals surface area contributed by atoms with Crippen LogP contribution in [0, 0.1) is 0 Å². The van der Waals surface area contributed by atoms with Crippen LogP contribution in [0.25, 0.3) is 10.8 Å². The summed E-state index contributed by atoms with van der Waals surface area (Å²) in [7, 11) is 0. The molecule has 1 heterocycles. The monoisotopic (exact) mass is 618 g/mol. The quantitative estimate of drug-likeness (QED) is 0.152. The number of thioether (sulfide) groups is 1. The lowest BCUT2D eigenvalue weighted by atomic mass is 9.98. The third kappa shape index (κ3) is 9.56. The molecule has 1 fully saturated rings. The lowest BCUT2D eigenvalue weighted by Gasteiger charge is -2.37. The number of nitrogens with two attached hydrogens (primary N) is 1. The number of nitrogens with one attached hydrogen (secondary N) is 2. The maximum atomic E-state index is 13.7. The Labute approximate surface area is 262 Å². The number of unbranched alkanes of at least 4 members (excludes halogenated alkanes) is 1. The zero-order valence-electron chi connectivity index (χ0n) is 25.0. The molecule has 1 aliphatic rings. The summed E-state index contributed by atoms with van der Waals surface area (Å²) in [5.74, 6) is -1.72. The van der Waals surface area contributed by atoms with Crippen LogP contribution >= 0.6 is 11.8 Å². The molecule has 0 radical (unpaired) electrons. The molecule has 10 heteroatoms. The van der Waals surface area contributed by atoms with Crippen molar-refractivity contribution < 1.29 is 24.3 Å². The lowest BCUT2D eigenvalue weighted by molar-refractivity contribution is -0.145. The SMILES string of the molecule is NC(=O)[C@H](Cc1ccc2ccccc2c1)NC(=O)[C@@H]1CCCCN1C(=O)[C@H](CSCO)NC(=O)CCCCc1ccccc1. The average molecular weight is 619 g/mol. The van der Waals surface area contributed by atoms with E-state index in [4.69, 9.17) is 5.73 Å². The topological polar surface area (TPSA) is 142 Å². The number of carbonyl (C=O) groups excluding carboxylic acids is 4. The molecule has 1 saturated heterocycles. The molecule has 0 bridgehead atoms. The molecule has 4 amide bonds. The van der Waals surface area contributed by atoms with E-state index >= 15 is 0 Å². The molecule has 4 rings (SSSR count). The maximum Gasteiger partial charge on any atom is 0.246 e. The van der Waals surface area contributed by atoms with Gasteiger partial charge in [-0.2, -0.15) is 0 Å². The van der Waals surface area contributed by atoms with Crippen LogP contribution in [0.1, 0.15) is 49.7 Å². The van der Waals surface area contributed by atoms with Gasteiger partial charge in [0, 0.05) is 25.1 Å². The zero-order chi connectivity index (χ0) is 31.3. The molecular weight excluding hydrogens is 576 g/mol. The fourth-order valence-electron chi connectivity index (χ4n) is 5.63. The molecule has 0 aromatic heterocycles. The highest BCUT2D eigenvalue weighted by atomic mass is 32.2. The number of hydrogen-bond donors (Lipinski definition) is 4. The minimum absolute atomic E-state index is 0.182. The fourth-order valence-corrected chi connectivity index (χ4v) is 6.20. The van der Waals surface area contributed by atoms with E-state index in [-0.39, 0.29) is 36.3 Å². The second-order valence-corrected chi connectivity index (χ2v) is 12.2. The van der Waals surface area contributed by atoms with Gasteiger partial charge in [0.15, 0.2) is 0 Å². The van der Waals surface area contributed by atoms with Crippen molar-refractivity contribution in [1.29, 1.82) is 0 Å². The summed E-state index contributed by atoms with van der Waals surface area (Å²) >= 11 is 1.13. The van der Waals surface area contributed by atoms with Crippen molar-refractivity contribution in [3.63, 3.8) is 0 Å². The molecule has 234 valence electrons.